The quantitative estimate of drug-likeness (QED) is 0.903. The van der Waals surface area contributed by atoms with Gasteiger partial charge in [0.1, 0.15) is 5.82 Å². The van der Waals surface area contributed by atoms with Crippen molar-refractivity contribution >= 4 is 17.3 Å². The van der Waals surface area contributed by atoms with Crippen molar-refractivity contribution in [3.05, 3.63) is 64.4 Å². The molecule has 1 aliphatic heterocycles. The molecule has 0 bridgehead atoms. The van der Waals surface area contributed by atoms with Gasteiger partial charge in [-0.25, -0.2) is 4.39 Å². The van der Waals surface area contributed by atoms with E-state index in [-0.39, 0.29) is 10.8 Å². The van der Waals surface area contributed by atoms with E-state index in [1.807, 2.05) is 0 Å². The fraction of sp³-hybridized carbons (Fsp3) is 0.294. The minimum atomic E-state index is -0.369. The Morgan fingerprint density at radius 2 is 2.10 bits per heavy atom. The van der Waals surface area contributed by atoms with Crippen LogP contribution in [0.2, 0.25) is 5.02 Å². The minimum absolute atomic E-state index is 0.182. The standard InChI is InChI=1S/C17H18ClFN2/c1-12-10-21(11-13-6-7-16(19)15(18)8-13)17-5-3-2-4-14(17)9-20-12/h2-8,12,20H,9-11H2,1H3. The first-order valence-corrected chi connectivity index (χ1v) is 7.51. The first-order valence-electron chi connectivity index (χ1n) is 7.13. The van der Waals surface area contributed by atoms with Gasteiger partial charge in [0.05, 0.1) is 5.02 Å². The molecule has 0 fully saturated rings. The lowest BCUT2D eigenvalue weighted by atomic mass is 10.1. The number of nitrogens with zero attached hydrogens (tertiary/aromatic N) is 1. The predicted molar refractivity (Wildman–Crippen MR) is 85.2 cm³/mol. The van der Waals surface area contributed by atoms with Crippen LogP contribution in [0.5, 0.6) is 0 Å². The molecule has 0 spiro atoms. The van der Waals surface area contributed by atoms with E-state index in [9.17, 15) is 4.39 Å². The summed E-state index contributed by atoms with van der Waals surface area (Å²) in [5.41, 5.74) is 3.54. The van der Waals surface area contributed by atoms with Gasteiger partial charge in [0, 0.05) is 31.4 Å². The van der Waals surface area contributed by atoms with Gasteiger partial charge in [-0.2, -0.15) is 0 Å². The minimum Gasteiger partial charge on any atom is -0.365 e. The second-order valence-electron chi connectivity index (χ2n) is 5.54. The average molecular weight is 305 g/mol. The molecule has 0 saturated heterocycles. The van der Waals surface area contributed by atoms with E-state index >= 15 is 0 Å². The third kappa shape index (κ3) is 3.20. The van der Waals surface area contributed by atoms with E-state index in [4.69, 9.17) is 11.6 Å². The molecule has 1 atom stereocenters. The van der Waals surface area contributed by atoms with Crippen molar-refractivity contribution in [1.82, 2.24) is 5.32 Å². The van der Waals surface area contributed by atoms with Crippen LogP contribution in [0.25, 0.3) is 0 Å². The topological polar surface area (TPSA) is 15.3 Å². The van der Waals surface area contributed by atoms with Crippen molar-refractivity contribution in [2.75, 3.05) is 11.4 Å². The van der Waals surface area contributed by atoms with Crippen LogP contribution >= 0.6 is 11.6 Å². The molecule has 2 aromatic rings. The number of fused-ring (bicyclic) bond motifs is 1. The highest BCUT2D eigenvalue weighted by atomic mass is 35.5. The monoisotopic (exact) mass is 304 g/mol. The summed E-state index contributed by atoms with van der Waals surface area (Å²) in [4.78, 5) is 2.32. The van der Waals surface area contributed by atoms with Crippen LogP contribution in [0.4, 0.5) is 10.1 Å². The van der Waals surface area contributed by atoms with Crippen LogP contribution in [0.15, 0.2) is 42.5 Å². The van der Waals surface area contributed by atoms with Crippen LogP contribution in [0, 0.1) is 5.82 Å². The fourth-order valence-electron chi connectivity index (χ4n) is 2.75. The molecule has 21 heavy (non-hydrogen) atoms. The molecule has 3 rings (SSSR count). The lowest BCUT2D eigenvalue weighted by molar-refractivity contribution is 0.552. The van der Waals surface area contributed by atoms with Crippen LogP contribution in [0.3, 0.4) is 0 Å². The Balaban J connectivity index is 1.90. The molecule has 1 N–H and O–H groups in total. The Morgan fingerprint density at radius 1 is 1.29 bits per heavy atom. The SMILES string of the molecule is CC1CN(Cc2ccc(F)c(Cl)c2)c2ccccc2CN1. The summed E-state index contributed by atoms with van der Waals surface area (Å²) in [7, 11) is 0. The molecule has 0 amide bonds. The highest BCUT2D eigenvalue weighted by molar-refractivity contribution is 6.30. The summed E-state index contributed by atoms with van der Waals surface area (Å²) in [5.74, 6) is -0.369. The van der Waals surface area contributed by atoms with Gasteiger partial charge in [-0.1, -0.05) is 35.9 Å². The number of halogens is 2. The van der Waals surface area contributed by atoms with Crippen molar-refractivity contribution in [2.45, 2.75) is 26.1 Å². The molecule has 4 heteroatoms. The third-order valence-electron chi connectivity index (χ3n) is 3.82. The summed E-state index contributed by atoms with van der Waals surface area (Å²) in [5, 5.41) is 3.69. The Labute approximate surface area is 129 Å². The number of hydrogen-bond acceptors (Lipinski definition) is 2. The summed E-state index contributed by atoms with van der Waals surface area (Å²) in [6.45, 7) is 4.68. The molecule has 1 aliphatic rings. The second kappa shape index (κ2) is 6.04. The molecule has 110 valence electrons. The normalized spacial score (nSPS) is 18.2. The van der Waals surface area contributed by atoms with Crippen LogP contribution in [0.1, 0.15) is 18.1 Å². The first-order chi connectivity index (χ1) is 10.1. The van der Waals surface area contributed by atoms with E-state index in [0.717, 1.165) is 25.2 Å². The van der Waals surface area contributed by atoms with Gasteiger partial charge in [0.15, 0.2) is 0 Å². The molecule has 0 aliphatic carbocycles. The zero-order valence-electron chi connectivity index (χ0n) is 11.9. The van der Waals surface area contributed by atoms with E-state index < -0.39 is 0 Å². The number of benzene rings is 2. The van der Waals surface area contributed by atoms with Crippen molar-refractivity contribution in [3.8, 4) is 0 Å². The maximum atomic E-state index is 13.3. The number of anilines is 1. The smallest absolute Gasteiger partial charge is 0.141 e. The van der Waals surface area contributed by atoms with E-state index in [0.29, 0.717) is 6.04 Å². The van der Waals surface area contributed by atoms with Gasteiger partial charge >= 0.3 is 0 Å². The summed E-state index contributed by atoms with van der Waals surface area (Å²) >= 11 is 5.89. The van der Waals surface area contributed by atoms with Crippen LogP contribution in [-0.4, -0.2) is 12.6 Å². The van der Waals surface area contributed by atoms with Gasteiger partial charge < -0.3 is 10.2 Å². The Morgan fingerprint density at radius 3 is 2.90 bits per heavy atom. The highest BCUT2D eigenvalue weighted by Crippen LogP contribution is 2.26. The van der Waals surface area contributed by atoms with E-state index in [1.54, 1.807) is 12.1 Å². The van der Waals surface area contributed by atoms with E-state index in [2.05, 4.69) is 41.4 Å². The maximum Gasteiger partial charge on any atom is 0.141 e. The zero-order valence-corrected chi connectivity index (χ0v) is 12.7. The summed E-state index contributed by atoms with van der Waals surface area (Å²) in [6, 6.07) is 13.7. The highest BCUT2D eigenvalue weighted by Gasteiger charge is 2.18. The lowest BCUT2D eigenvalue weighted by Crippen LogP contribution is -2.35. The zero-order chi connectivity index (χ0) is 14.8. The Hall–Kier alpha value is -1.58. The number of nitrogens with one attached hydrogen (secondary N) is 1. The molecule has 1 heterocycles. The van der Waals surface area contributed by atoms with Gasteiger partial charge in [0.25, 0.3) is 0 Å². The molecule has 0 saturated carbocycles. The Kier molecular flexibility index (Phi) is 4.13. The van der Waals surface area contributed by atoms with E-state index in [1.165, 1.54) is 17.3 Å². The molecule has 0 aromatic heterocycles. The molecular weight excluding hydrogens is 287 g/mol. The lowest BCUT2D eigenvalue weighted by Gasteiger charge is -2.26. The van der Waals surface area contributed by atoms with Crippen molar-refractivity contribution < 1.29 is 4.39 Å². The fourth-order valence-corrected chi connectivity index (χ4v) is 2.96. The first kappa shape index (κ1) is 14.4. The average Bonchev–Trinajstić information content (AvgIpc) is 2.63. The van der Waals surface area contributed by atoms with Crippen molar-refractivity contribution in [3.63, 3.8) is 0 Å². The molecule has 0 radical (unpaired) electrons. The predicted octanol–water partition coefficient (Wildman–Crippen LogP) is 3.98. The number of hydrogen-bond donors (Lipinski definition) is 1. The van der Waals surface area contributed by atoms with Crippen molar-refractivity contribution in [2.24, 2.45) is 0 Å². The number of para-hydroxylation sites is 1. The van der Waals surface area contributed by atoms with Crippen LogP contribution in [-0.2, 0) is 13.1 Å². The maximum absolute atomic E-state index is 13.3. The largest absolute Gasteiger partial charge is 0.365 e. The molecule has 1 unspecified atom stereocenters. The molecule has 2 aromatic carbocycles. The number of rotatable bonds is 2. The second-order valence-corrected chi connectivity index (χ2v) is 5.95. The van der Waals surface area contributed by atoms with Crippen LogP contribution < -0.4 is 10.2 Å². The molecule has 2 nitrogen and oxygen atoms in total. The van der Waals surface area contributed by atoms with Gasteiger partial charge in [-0.05, 0) is 36.2 Å². The molecular formula is C17H18ClFN2. The summed E-state index contributed by atoms with van der Waals surface area (Å²) < 4.78 is 13.3. The van der Waals surface area contributed by atoms with Gasteiger partial charge in [-0.15, -0.1) is 0 Å². The third-order valence-corrected chi connectivity index (χ3v) is 4.11. The van der Waals surface area contributed by atoms with Gasteiger partial charge in [-0.3, -0.25) is 0 Å². The van der Waals surface area contributed by atoms with Crippen molar-refractivity contribution in [1.29, 1.82) is 0 Å². The summed E-state index contributed by atoms with van der Waals surface area (Å²) in [6.07, 6.45) is 0. The Bertz CT molecular complexity index is 644. The van der Waals surface area contributed by atoms with Gasteiger partial charge in [0.2, 0.25) is 0 Å².